The van der Waals surface area contributed by atoms with E-state index in [1.165, 1.54) is 4.90 Å². The molecule has 0 unspecified atom stereocenters. The molecule has 1 aliphatic heterocycles. The summed E-state index contributed by atoms with van der Waals surface area (Å²) >= 11 is 0. The first-order valence-electron chi connectivity index (χ1n) is 5.21. The largest absolute Gasteiger partial charge is 0.275 e. The zero-order valence-corrected chi connectivity index (χ0v) is 9.28. The Morgan fingerprint density at radius 3 is 1.73 bits per heavy atom. The quantitative estimate of drug-likeness (QED) is 0.660. The Morgan fingerprint density at radius 2 is 1.40 bits per heavy atom. The van der Waals surface area contributed by atoms with Crippen LogP contribution in [0.15, 0.2) is 24.3 Å². The molecule has 1 aromatic rings. The number of rotatable bonds is 1. The van der Waals surface area contributed by atoms with Gasteiger partial charge in [-0.05, 0) is 19.1 Å². The predicted octanol–water partition coefficient (Wildman–Crippen LogP) is 2.33. The highest BCUT2D eigenvalue weighted by atomic mass is 16.2. The number of carbonyl (C=O) groups excluding carboxylic acids is 2. The van der Waals surface area contributed by atoms with Crippen LogP contribution in [-0.4, -0.2) is 23.3 Å². The van der Waals surface area contributed by atoms with Gasteiger partial charge < -0.3 is 0 Å². The lowest BCUT2D eigenvalue weighted by molar-refractivity contribution is 0.0663. The van der Waals surface area contributed by atoms with Gasteiger partial charge >= 0.3 is 0 Å². The van der Waals surface area contributed by atoms with Crippen LogP contribution in [0, 0.1) is 0 Å². The molecule has 0 bridgehead atoms. The molecular weight excluding hydrogens is 190 g/mol. The number of hydrogen-bond acceptors (Lipinski definition) is 2. The summed E-state index contributed by atoms with van der Waals surface area (Å²) in [5, 5.41) is 0. The molecule has 0 fully saturated rings. The van der Waals surface area contributed by atoms with Gasteiger partial charge in [0, 0.05) is 6.54 Å². The van der Waals surface area contributed by atoms with E-state index >= 15 is 0 Å². The van der Waals surface area contributed by atoms with Crippen molar-refractivity contribution in [3.8, 4) is 0 Å². The first-order chi connectivity index (χ1) is 7.25. The Balaban J connectivity index is 0.000000531. The Kier molecular flexibility index (Phi) is 3.61. The standard InChI is InChI=1S/C10H9NO2.C2H6/c1-2-11-9(12)7-5-3-4-6-8(7)10(11)13;1-2/h3-6H,2H2,1H3;1-2H3. The summed E-state index contributed by atoms with van der Waals surface area (Å²) in [5.41, 5.74) is 1.05. The summed E-state index contributed by atoms with van der Waals surface area (Å²) < 4.78 is 0. The number of hydrogen-bond donors (Lipinski definition) is 0. The van der Waals surface area contributed by atoms with Crippen molar-refractivity contribution in [2.75, 3.05) is 6.54 Å². The number of nitrogens with zero attached hydrogens (tertiary/aromatic N) is 1. The molecule has 1 heterocycles. The van der Waals surface area contributed by atoms with Crippen molar-refractivity contribution in [3.63, 3.8) is 0 Å². The summed E-state index contributed by atoms with van der Waals surface area (Å²) in [6.45, 7) is 6.23. The van der Waals surface area contributed by atoms with Crippen LogP contribution in [0.1, 0.15) is 41.5 Å². The van der Waals surface area contributed by atoms with E-state index in [2.05, 4.69) is 0 Å². The molecule has 0 N–H and O–H groups in total. The van der Waals surface area contributed by atoms with Gasteiger partial charge in [0.1, 0.15) is 0 Å². The molecule has 0 aliphatic carbocycles. The number of benzene rings is 1. The fraction of sp³-hybridized carbons (Fsp3) is 0.333. The zero-order valence-electron chi connectivity index (χ0n) is 9.28. The van der Waals surface area contributed by atoms with Gasteiger partial charge in [-0.1, -0.05) is 26.0 Å². The van der Waals surface area contributed by atoms with Crippen molar-refractivity contribution in [1.29, 1.82) is 0 Å². The fourth-order valence-corrected chi connectivity index (χ4v) is 1.53. The molecular formula is C12H15NO2. The van der Waals surface area contributed by atoms with Crippen molar-refractivity contribution in [3.05, 3.63) is 35.4 Å². The number of carbonyl (C=O) groups is 2. The lowest BCUT2D eigenvalue weighted by Crippen LogP contribution is -2.29. The number of fused-ring (bicyclic) bond motifs is 1. The molecule has 0 saturated heterocycles. The lowest BCUT2D eigenvalue weighted by Gasteiger charge is -2.08. The minimum Gasteiger partial charge on any atom is -0.275 e. The first kappa shape index (κ1) is 11.4. The van der Waals surface area contributed by atoms with Crippen LogP contribution < -0.4 is 0 Å². The van der Waals surface area contributed by atoms with E-state index in [0.717, 1.165) is 0 Å². The highest BCUT2D eigenvalue weighted by molar-refractivity contribution is 6.21. The maximum absolute atomic E-state index is 11.5. The molecule has 1 aliphatic rings. The Morgan fingerprint density at radius 1 is 1.00 bits per heavy atom. The van der Waals surface area contributed by atoms with Crippen LogP contribution in [0.3, 0.4) is 0 Å². The molecule has 2 amide bonds. The average Bonchev–Trinajstić information content (AvgIpc) is 2.55. The molecule has 0 atom stereocenters. The smallest absolute Gasteiger partial charge is 0.261 e. The summed E-state index contributed by atoms with van der Waals surface area (Å²) in [6.07, 6.45) is 0. The van der Waals surface area contributed by atoms with Gasteiger partial charge in [0.05, 0.1) is 11.1 Å². The minimum absolute atomic E-state index is 0.178. The van der Waals surface area contributed by atoms with E-state index in [9.17, 15) is 9.59 Å². The SMILES string of the molecule is CC.CCN1C(=O)c2ccccc2C1=O. The van der Waals surface area contributed by atoms with Gasteiger partial charge in [-0.15, -0.1) is 0 Å². The van der Waals surface area contributed by atoms with E-state index in [1.54, 1.807) is 31.2 Å². The predicted molar refractivity (Wildman–Crippen MR) is 58.8 cm³/mol. The second-order valence-electron chi connectivity index (χ2n) is 2.90. The van der Waals surface area contributed by atoms with E-state index in [4.69, 9.17) is 0 Å². The molecule has 2 rings (SSSR count). The monoisotopic (exact) mass is 205 g/mol. The Hall–Kier alpha value is -1.64. The summed E-state index contributed by atoms with van der Waals surface area (Å²) in [7, 11) is 0. The second-order valence-corrected chi connectivity index (χ2v) is 2.90. The maximum atomic E-state index is 11.5. The lowest BCUT2D eigenvalue weighted by atomic mass is 10.1. The summed E-state index contributed by atoms with van der Waals surface area (Å²) in [5.74, 6) is -0.355. The fourth-order valence-electron chi connectivity index (χ4n) is 1.53. The van der Waals surface area contributed by atoms with E-state index in [0.29, 0.717) is 17.7 Å². The van der Waals surface area contributed by atoms with Crippen LogP contribution >= 0.6 is 0 Å². The molecule has 80 valence electrons. The molecule has 3 nitrogen and oxygen atoms in total. The van der Waals surface area contributed by atoms with Crippen molar-refractivity contribution in [2.24, 2.45) is 0 Å². The molecule has 1 aromatic carbocycles. The van der Waals surface area contributed by atoms with Gasteiger partial charge in [0.25, 0.3) is 11.8 Å². The van der Waals surface area contributed by atoms with Crippen LogP contribution in [0.4, 0.5) is 0 Å². The van der Waals surface area contributed by atoms with E-state index in [-0.39, 0.29) is 11.8 Å². The Labute approximate surface area is 89.7 Å². The molecule has 0 radical (unpaired) electrons. The maximum Gasteiger partial charge on any atom is 0.261 e. The van der Waals surface area contributed by atoms with Gasteiger partial charge in [-0.2, -0.15) is 0 Å². The number of amides is 2. The molecule has 15 heavy (non-hydrogen) atoms. The highest BCUT2D eigenvalue weighted by Crippen LogP contribution is 2.21. The molecule has 0 spiro atoms. The first-order valence-corrected chi connectivity index (χ1v) is 5.21. The van der Waals surface area contributed by atoms with Crippen LogP contribution in [0.2, 0.25) is 0 Å². The van der Waals surface area contributed by atoms with Crippen molar-refractivity contribution < 1.29 is 9.59 Å². The van der Waals surface area contributed by atoms with Crippen molar-refractivity contribution in [1.82, 2.24) is 4.90 Å². The molecule has 3 heteroatoms. The highest BCUT2D eigenvalue weighted by Gasteiger charge is 2.33. The topological polar surface area (TPSA) is 37.4 Å². The normalized spacial score (nSPS) is 13.4. The van der Waals surface area contributed by atoms with E-state index < -0.39 is 0 Å². The van der Waals surface area contributed by atoms with E-state index in [1.807, 2.05) is 13.8 Å². The van der Waals surface area contributed by atoms with Crippen LogP contribution in [0.25, 0.3) is 0 Å². The van der Waals surface area contributed by atoms with Crippen LogP contribution in [0.5, 0.6) is 0 Å². The average molecular weight is 205 g/mol. The minimum atomic E-state index is -0.178. The third-order valence-electron chi connectivity index (χ3n) is 2.19. The third kappa shape index (κ3) is 1.77. The number of imide groups is 1. The van der Waals surface area contributed by atoms with Gasteiger partial charge in [-0.25, -0.2) is 0 Å². The van der Waals surface area contributed by atoms with Gasteiger partial charge in [-0.3, -0.25) is 14.5 Å². The molecule has 0 saturated carbocycles. The van der Waals surface area contributed by atoms with Gasteiger partial charge in [0.2, 0.25) is 0 Å². The summed E-state index contributed by atoms with van der Waals surface area (Å²) in [6, 6.07) is 6.91. The van der Waals surface area contributed by atoms with Crippen LogP contribution in [-0.2, 0) is 0 Å². The van der Waals surface area contributed by atoms with Gasteiger partial charge in [0.15, 0.2) is 0 Å². The Bertz CT molecular complexity index is 350. The summed E-state index contributed by atoms with van der Waals surface area (Å²) in [4.78, 5) is 24.3. The van der Waals surface area contributed by atoms with Crippen molar-refractivity contribution >= 4 is 11.8 Å². The van der Waals surface area contributed by atoms with Crippen molar-refractivity contribution in [2.45, 2.75) is 20.8 Å². The third-order valence-corrected chi connectivity index (χ3v) is 2.19. The second kappa shape index (κ2) is 4.73. The molecule has 0 aromatic heterocycles. The zero-order chi connectivity index (χ0) is 11.4.